The topological polar surface area (TPSA) is 33.7 Å². The SMILES string of the molecule is CCOC1CCN(CC2COCCN2)CC1. The third kappa shape index (κ3) is 3.70. The van der Waals surface area contributed by atoms with Crippen molar-refractivity contribution in [1.82, 2.24) is 10.2 Å². The minimum absolute atomic E-state index is 0.497. The fourth-order valence-electron chi connectivity index (χ4n) is 2.54. The second-order valence-corrected chi connectivity index (χ2v) is 4.68. The molecule has 0 bridgehead atoms. The predicted octanol–water partition coefficient (Wildman–Crippen LogP) is 0.476. The predicted molar refractivity (Wildman–Crippen MR) is 63.7 cm³/mol. The molecule has 0 saturated carbocycles. The van der Waals surface area contributed by atoms with Crippen LogP contribution in [0.5, 0.6) is 0 Å². The molecule has 2 aliphatic heterocycles. The second kappa shape index (κ2) is 6.55. The molecule has 94 valence electrons. The van der Waals surface area contributed by atoms with Gasteiger partial charge in [-0.05, 0) is 19.8 Å². The van der Waals surface area contributed by atoms with Crippen molar-refractivity contribution in [2.75, 3.05) is 46.0 Å². The Hall–Kier alpha value is -0.160. The lowest BCUT2D eigenvalue weighted by atomic mass is 10.1. The molecule has 2 fully saturated rings. The number of hydrogen-bond acceptors (Lipinski definition) is 4. The monoisotopic (exact) mass is 228 g/mol. The van der Waals surface area contributed by atoms with Crippen LogP contribution in [0, 0.1) is 0 Å². The number of piperidine rings is 1. The molecule has 0 aromatic carbocycles. The zero-order valence-electron chi connectivity index (χ0n) is 10.3. The van der Waals surface area contributed by atoms with Crippen LogP contribution >= 0.6 is 0 Å². The van der Waals surface area contributed by atoms with E-state index >= 15 is 0 Å². The highest BCUT2D eigenvalue weighted by molar-refractivity contribution is 4.79. The summed E-state index contributed by atoms with van der Waals surface area (Å²) in [5, 5.41) is 3.50. The number of rotatable bonds is 4. The standard InChI is InChI=1S/C12H24N2O2/c1-2-16-12-3-6-14(7-4-12)9-11-10-15-8-5-13-11/h11-13H,2-10H2,1H3. The molecule has 16 heavy (non-hydrogen) atoms. The maximum atomic E-state index is 5.65. The molecule has 0 aromatic rings. The molecule has 2 aliphatic rings. The third-order valence-electron chi connectivity index (χ3n) is 3.41. The van der Waals surface area contributed by atoms with Gasteiger partial charge in [0, 0.05) is 38.8 Å². The zero-order valence-corrected chi connectivity index (χ0v) is 10.3. The van der Waals surface area contributed by atoms with Crippen LogP contribution in [0.3, 0.4) is 0 Å². The second-order valence-electron chi connectivity index (χ2n) is 4.68. The molecule has 2 heterocycles. The molecule has 0 aliphatic carbocycles. The molecular formula is C12H24N2O2. The molecular weight excluding hydrogens is 204 g/mol. The van der Waals surface area contributed by atoms with E-state index < -0.39 is 0 Å². The van der Waals surface area contributed by atoms with Gasteiger partial charge in [0.05, 0.1) is 19.3 Å². The molecule has 2 rings (SSSR count). The van der Waals surface area contributed by atoms with Crippen LogP contribution in [0.1, 0.15) is 19.8 Å². The Labute approximate surface area is 98.3 Å². The van der Waals surface area contributed by atoms with E-state index in [1.807, 2.05) is 0 Å². The first-order chi connectivity index (χ1) is 7.88. The van der Waals surface area contributed by atoms with Crippen LogP contribution in [-0.4, -0.2) is 63.0 Å². The van der Waals surface area contributed by atoms with Gasteiger partial charge in [-0.3, -0.25) is 0 Å². The summed E-state index contributed by atoms with van der Waals surface area (Å²) < 4.78 is 11.1. The van der Waals surface area contributed by atoms with Crippen molar-refractivity contribution in [2.24, 2.45) is 0 Å². The number of nitrogens with one attached hydrogen (secondary N) is 1. The number of hydrogen-bond donors (Lipinski definition) is 1. The van der Waals surface area contributed by atoms with Crippen molar-refractivity contribution in [3.05, 3.63) is 0 Å². The summed E-state index contributed by atoms with van der Waals surface area (Å²) in [4.78, 5) is 2.53. The Balaban J connectivity index is 1.64. The Morgan fingerprint density at radius 2 is 2.19 bits per heavy atom. The van der Waals surface area contributed by atoms with Gasteiger partial charge in [-0.2, -0.15) is 0 Å². The lowest BCUT2D eigenvalue weighted by molar-refractivity contribution is 0.00464. The Morgan fingerprint density at radius 3 is 2.81 bits per heavy atom. The van der Waals surface area contributed by atoms with E-state index in [2.05, 4.69) is 17.1 Å². The molecule has 1 unspecified atom stereocenters. The smallest absolute Gasteiger partial charge is 0.0632 e. The highest BCUT2D eigenvalue weighted by Crippen LogP contribution is 2.14. The van der Waals surface area contributed by atoms with Crippen LogP contribution in [0.2, 0.25) is 0 Å². The summed E-state index contributed by atoms with van der Waals surface area (Å²) >= 11 is 0. The van der Waals surface area contributed by atoms with Gasteiger partial charge in [0.15, 0.2) is 0 Å². The van der Waals surface area contributed by atoms with Gasteiger partial charge < -0.3 is 19.7 Å². The van der Waals surface area contributed by atoms with Gasteiger partial charge in [0.25, 0.3) is 0 Å². The Kier molecular flexibility index (Phi) is 5.03. The molecule has 4 heteroatoms. The van der Waals surface area contributed by atoms with Crippen molar-refractivity contribution >= 4 is 0 Å². The quantitative estimate of drug-likeness (QED) is 0.758. The number of likely N-dealkylation sites (tertiary alicyclic amines) is 1. The van der Waals surface area contributed by atoms with Crippen LogP contribution in [0.15, 0.2) is 0 Å². The van der Waals surface area contributed by atoms with E-state index in [0.29, 0.717) is 12.1 Å². The molecule has 1 atom stereocenters. The summed E-state index contributed by atoms with van der Waals surface area (Å²) in [6, 6.07) is 0.525. The molecule has 0 radical (unpaired) electrons. The molecule has 1 N–H and O–H groups in total. The maximum absolute atomic E-state index is 5.65. The van der Waals surface area contributed by atoms with E-state index in [-0.39, 0.29) is 0 Å². The highest BCUT2D eigenvalue weighted by Gasteiger charge is 2.22. The Bertz CT molecular complexity index is 187. The zero-order chi connectivity index (χ0) is 11.2. The molecule has 0 aromatic heterocycles. The first kappa shape index (κ1) is 12.3. The average Bonchev–Trinajstić information content (AvgIpc) is 2.33. The van der Waals surface area contributed by atoms with Crippen molar-refractivity contribution in [2.45, 2.75) is 31.9 Å². The van der Waals surface area contributed by atoms with Crippen LogP contribution < -0.4 is 5.32 Å². The lowest BCUT2D eigenvalue weighted by Gasteiger charge is -2.35. The van der Waals surface area contributed by atoms with E-state index in [9.17, 15) is 0 Å². The van der Waals surface area contributed by atoms with Crippen LogP contribution in [0.4, 0.5) is 0 Å². The van der Waals surface area contributed by atoms with Crippen LogP contribution in [-0.2, 0) is 9.47 Å². The van der Waals surface area contributed by atoms with E-state index in [1.54, 1.807) is 0 Å². The Morgan fingerprint density at radius 1 is 1.38 bits per heavy atom. The van der Waals surface area contributed by atoms with E-state index in [4.69, 9.17) is 9.47 Å². The van der Waals surface area contributed by atoms with Gasteiger partial charge in [-0.25, -0.2) is 0 Å². The van der Waals surface area contributed by atoms with Gasteiger partial charge in [-0.1, -0.05) is 0 Å². The normalized spacial score (nSPS) is 29.4. The van der Waals surface area contributed by atoms with Gasteiger partial charge in [-0.15, -0.1) is 0 Å². The molecule has 0 amide bonds. The van der Waals surface area contributed by atoms with E-state index in [1.165, 1.54) is 25.9 Å². The summed E-state index contributed by atoms with van der Waals surface area (Å²) in [7, 11) is 0. The van der Waals surface area contributed by atoms with Crippen LogP contribution in [0.25, 0.3) is 0 Å². The lowest BCUT2D eigenvalue weighted by Crippen LogP contribution is -2.50. The molecule has 0 spiro atoms. The van der Waals surface area contributed by atoms with E-state index in [0.717, 1.165) is 32.9 Å². The van der Waals surface area contributed by atoms with Gasteiger partial charge in [0.2, 0.25) is 0 Å². The summed E-state index contributed by atoms with van der Waals surface area (Å²) in [6.07, 6.45) is 2.86. The average molecular weight is 228 g/mol. The molecule has 2 saturated heterocycles. The summed E-state index contributed by atoms with van der Waals surface area (Å²) in [6.45, 7) is 9.12. The largest absolute Gasteiger partial charge is 0.378 e. The van der Waals surface area contributed by atoms with Gasteiger partial charge >= 0.3 is 0 Å². The highest BCUT2D eigenvalue weighted by atomic mass is 16.5. The van der Waals surface area contributed by atoms with Crippen molar-refractivity contribution < 1.29 is 9.47 Å². The minimum Gasteiger partial charge on any atom is -0.378 e. The molecule has 4 nitrogen and oxygen atoms in total. The summed E-state index contributed by atoms with van der Waals surface area (Å²) in [5.74, 6) is 0. The fraction of sp³-hybridized carbons (Fsp3) is 1.00. The number of ether oxygens (including phenoxy) is 2. The summed E-state index contributed by atoms with van der Waals surface area (Å²) in [5.41, 5.74) is 0. The maximum Gasteiger partial charge on any atom is 0.0632 e. The first-order valence-electron chi connectivity index (χ1n) is 6.53. The third-order valence-corrected chi connectivity index (χ3v) is 3.41. The number of morpholine rings is 1. The van der Waals surface area contributed by atoms with Gasteiger partial charge in [0.1, 0.15) is 0 Å². The van der Waals surface area contributed by atoms with Crippen molar-refractivity contribution in [3.63, 3.8) is 0 Å². The number of nitrogens with zero attached hydrogens (tertiary/aromatic N) is 1. The fourth-order valence-corrected chi connectivity index (χ4v) is 2.54. The van der Waals surface area contributed by atoms with Crippen molar-refractivity contribution in [1.29, 1.82) is 0 Å². The van der Waals surface area contributed by atoms with Crippen molar-refractivity contribution in [3.8, 4) is 0 Å². The minimum atomic E-state index is 0.497. The first-order valence-corrected chi connectivity index (χ1v) is 6.53.